The zero-order chi connectivity index (χ0) is 23.6. The van der Waals surface area contributed by atoms with Crippen molar-refractivity contribution in [1.82, 2.24) is 5.32 Å². The van der Waals surface area contributed by atoms with Gasteiger partial charge >= 0.3 is 0 Å². The molecule has 170 valence electrons. The predicted molar refractivity (Wildman–Crippen MR) is 133 cm³/mol. The van der Waals surface area contributed by atoms with Crippen LogP contribution in [0.1, 0.15) is 62.9 Å². The van der Waals surface area contributed by atoms with Crippen LogP contribution >= 0.6 is 0 Å². The van der Waals surface area contributed by atoms with Gasteiger partial charge in [0.1, 0.15) is 0 Å². The van der Waals surface area contributed by atoms with Gasteiger partial charge in [-0.05, 0) is 52.3 Å². The summed E-state index contributed by atoms with van der Waals surface area (Å²) in [7, 11) is 1.67. The van der Waals surface area contributed by atoms with Gasteiger partial charge in [0.05, 0.1) is 12.8 Å². The largest absolute Gasteiger partial charge is 0.398 e. The molecule has 0 aliphatic rings. The molecule has 0 unspecified atom stereocenters. The van der Waals surface area contributed by atoms with Crippen LogP contribution in [0.15, 0.2) is 47.1 Å². The highest BCUT2D eigenvalue weighted by molar-refractivity contribution is 6.15. The lowest BCUT2D eigenvalue weighted by atomic mass is 9.96. The number of amides is 1. The summed E-state index contributed by atoms with van der Waals surface area (Å²) in [5.41, 5.74) is 9.53. The normalized spacial score (nSPS) is 12.0. The topological polar surface area (TPSA) is 123 Å². The minimum absolute atomic E-state index is 0.154. The van der Waals surface area contributed by atoms with Crippen LogP contribution in [0.4, 0.5) is 11.4 Å². The maximum Gasteiger partial charge on any atom is 0.238 e. The van der Waals surface area contributed by atoms with Gasteiger partial charge in [-0.2, -0.15) is 5.10 Å². The number of nitrogen functional groups attached to an aromatic ring is 1. The highest BCUT2D eigenvalue weighted by Gasteiger charge is 2.13. The highest BCUT2D eigenvalue weighted by atomic mass is 16.1. The van der Waals surface area contributed by atoms with Crippen molar-refractivity contribution in [3.05, 3.63) is 53.1 Å². The number of carbonyl (C=O) groups is 2. The number of nitrogens with one attached hydrogen (secondary N) is 2. The van der Waals surface area contributed by atoms with Gasteiger partial charge in [0, 0.05) is 28.1 Å². The molecule has 6 N–H and O–H groups in total. The monoisotopic (exact) mass is 427 g/mol. The van der Waals surface area contributed by atoms with Crippen LogP contribution in [-0.2, 0) is 4.79 Å². The van der Waals surface area contributed by atoms with Crippen molar-refractivity contribution in [2.45, 2.75) is 47.0 Å². The Labute approximate surface area is 186 Å². The number of hydrogen-bond donors (Lipinski definition) is 4. The van der Waals surface area contributed by atoms with Crippen LogP contribution < -0.4 is 22.2 Å². The number of unbranched alkanes of at least 4 members (excludes halogenated alkanes) is 2. The van der Waals surface area contributed by atoms with E-state index in [-0.39, 0.29) is 12.5 Å². The number of rotatable bonds is 11. The molecule has 0 saturated heterocycles. The summed E-state index contributed by atoms with van der Waals surface area (Å²) in [4.78, 5) is 23.5. The molecule has 0 spiro atoms. The zero-order valence-corrected chi connectivity index (χ0v) is 19.4. The van der Waals surface area contributed by atoms with E-state index in [0.717, 1.165) is 24.8 Å². The molecular weight excluding hydrogens is 390 g/mol. The Hall–Kier alpha value is -3.19. The zero-order valence-electron chi connectivity index (χ0n) is 19.4. The van der Waals surface area contributed by atoms with E-state index in [4.69, 9.17) is 11.6 Å². The first-order valence-electron chi connectivity index (χ1n) is 10.5. The summed E-state index contributed by atoms with van der Waals surface area (Å²) in [6.45, 7) is 8.14. The van der Waals surface area contributed by atoms with Crippen LogP contribution in [0.5, 0.6) is 0 Å². The second kappa shape index (κ2) is 16.6. The number of hydrogen-bond acceptors (Lipinski definition) is 6. The quantitative estimate of drug-likeness (QED) is 0.0613. The molecular formula is C24H37N5O2. The van der Waals surface area contributed by atoms with Crippen LogP contribution in [0.2, 0.25) is 0 Å². The molecule has 1 aromatic carbocycles. The van der Waals surface area contributed by atoms with Gasteiger partial charge in [0.2, 0.25) is 5.91 Å². The van der Waals surface area contributed by atoms with Gasteiger partial charge in [-0.15, -0.1) is 0 Å². The highest BCUT2D eigenvalue weighted by Crippen LogP contribution is 2.29. The van der Waals surface area contributed by atoms with Crippen molar-refractivity contribution in [2.75, 3.05) is 24.6 Å². The van der Waals surface area contributed by atoms with Gasteiger partial charge in [-0.3, -0.25) is 9.59 Å². The molecule has 0 heterocycles. The molecule has 7 heteroatoms. The van der Waals surface area contributed by atoms with E-state index in [2.05, 4.69) is 27.9 Å². The fraction of sp³-hybridized carbons (Fsp3) is 0.375. The first kappa shape index (κ1) is 27.8. The maximum absolute atomic E-state index is 11.8. The molecule has 31 heavy (non-hydrogen) atoms. The van der Waals surface area contributed by atoms with Crippen molar-refractivity contribution in [3.63, 3.8) is 0 Å². The second-order valence-corrected chi connectivity index (χ2v) is 6.55. The minimum Gasteiger partial charge on any atom is -0.398 e. The molecule has 1 rings (SSSR count). The first-order valence-corrected chi connectivity index (χ1v) is 10.5. The fourth-order valence-electron chi connectivity index (χ4n) is 2.84. The molecule has 7 nitrogen and oxygen atoms in total. The number of anilines is 2. The Kier molecular flexibility index (Phi) is 14.9. The summed E-state index contributed by atoms with van der Waals surface area (Å²) in [6, 6.07) is 3.20. The molecule has 0 atom stereocenters. The van der Waals surface area contributed by atoms with E-state index in [1.165, 1.54) is 6.21 Å². The molecule has 0 aliphatic heterocycles. The smallest absolute Gasteiger partial charge is 0.238 e. The molecule has 0 aliphatic carbocycles. The van der Waals surface area contributed by atoms with E-state index < -0.39 is 0 Å². The van der Waals surface area contributed by atoms with E-state index in [1.807, 2.05) is 39.8 Å². The third kappa shape index (κ3) is 10.4. The Morgan fingerprint density at radius 1 is 1.23 bits per heavy atom. The standard InChI is InChI=1S/C22H31N5O2.C2H6/c1-4-5-6-7-8-9-16(2)10-17(13-26-24)22-18(15-28)11-19(12-20(22)23)27-21(29)14-25-3;1-2/h4-5,9-13,15,25H,6-8,14,23-24H2,1-3H3,(H,27,29);1-2H3/b5-4-,16-9+,17-10+,26-13-;. The molecule has 1 aromatic rings. The number of nitrogens with zero attached hydrogens (tertiary/aromatic N) is 1. The summed E-state index contributed by atoms with van der Waals surface area (Å²) in [5, 5.41) is 9.09. The van der Waals surface area contributed by atoms with Crippen molar-refractivity contribution in [1.29, 1.82) is 0 Å². The van der Waals surface area contributed by atoms with E-state index in [1.54, 1.807) is 19.2 Å². The minimum atomic E-state index is -0.229. The number of carbonyl (C=O) groups excluding carboxylic acids is 2. The third-order valence-corrected chi connectivity index (χ3v) is 4.11. The van der Waals surface area contributed by atoms with Gasteiger partial charge in [-0.25, -0.2) is 0 Å². The molecule has 0 saturated carbocycles. The Morgan fingerprint density at radius 2 is 1.94 bits per heavy atom. The van der Waals surface area contributed by atoms with E-state index in [9.17, 15) is 9.59 Å². The molecule has 0 bridgehead atoms. The Bertz CT molecular complexity index is 824. The SMILES string of the molecule is C/C=C\CCC/C=C(C)/C=C(\C=N/N)c1c(N)cc(NC(=O)CNC)cc1C=O.CC. The number of likely N-dealkylation sites (N-methyl/N-ethyl adjacent to an activating group) is 1. The molecule has 0 radical (unpaired) electrons. The van der Waals surface area contributed by atoms with E-state index >= 15 is 0 Å². The maximum atomic E-state index is 11.8. The molecule has 0 fully saturated rings. The number of hydrazone groups is 1. The summed E-state index contributed by atoms with van der Waals surface area (Å²) >= 11 is 0. The third-order valence-electron chi connectivity index (χ3n) is 4.11. The lowest BCUT2D eigenvalue weighted by Crippen LogP contribution is -2.25. The number of nitrogens with two attached hydrogens (primary N) is 2. The van der Waals surface area contributed by atoms with Crippen LogP contribution in [-0.4, -0.2) is 32.0 Å². The average molecular weight is 428 g/mol. The summed E-state index contributed by atoms with van der Waals surface area (Å²) in [6.07, 6.45) is 13.4. The average Bonchev–Trinajstić information content (AvgIpc) is 2.74. The van der Waals surface area contributed by atoms with Crippen LogP contribution in [0.25, 0.3) is 5.57 Å². The fourth-order valence-corrected chi connectivity index (χ4v) is 2.84. The van der Waals surface area contributed by atoms with Crippen LogP contribution in [0, 0.1) is 0 Å². The first-order chi connectivity index (χ1) is 15.0. The second-order valence-electron chi connectivity index (χ2n) is 6.55. The lowest BCUT2D eigenvalue weighted by molar-refractivity contribution is -0.115. The van der Waals surface area contributed by atoms with Gasteiger partial charge in [0.15, 0.2) is 6.29 Å². The summed E-state index contributed by atoms with van der Waals surface area (Å²) < 4.78 is 0. The van der Waals surface area contributed by atoms with E-state index in [0.29, 0.717) is 34.4 Å². The van der Waals surface area contributed by atoms with Crippen molar-refractivity contribution < 1.29 is 9.59 Å². The van der Waals surface area contributed by atoms with Gasteiger partial charge in [0.25, 0.3) is 0 Å². The van der Waals surface area contributed by atoms with Gasteiger partial charge < -0.3 is 22.2 Å². The molecule has 0 aromatic heterocycles. The predicted octanol–water partition coefficient (Wildman–Crippen LogP) is 4.29. The Balaban J connectivity index is 0.00000436. The van der Waals surface area contributed by atoms with Crippen molar-refractivity contribution >= 4 is 35.4 Å². The van der Waals surface area contributed by atoms with Crippen molar-refractivity contribution in [2.24, 2.45) is 10.9 Å². The van der Waals surface area contributed by atoms with Crippen molar-refractivity contribution in [3.8, 4) is 0 Å². The lowest BCUT2D eigenvalue weighted by Gasteiger charge is -2.13. The van der Waals surface area contributed by atoms with Crippen LogP contribution in [0.3, 0.4) is 0 Å². The number of aldehydes is 1. The summed E-state index contributed by atoms with van der Waals surface area (Å²) in [5.74, 6) is 5.15. The number of allylic oxidation sites excluding steroid dienone is 6. The number of benzene rings is 1. The molecule has 1 amide bonds. The Morgan fingerprint density at radius 3 is 2.52 bits per heavy atom. The van der Waals surface area contributed by atoms with Gasteiger partial charge in [-0.1, -0.05) is 43.7 Å².